The Morgan fingerprint density at radius 2 is 2.00 bits per heavy atom. The number of hydrogen-bond acceptors (Lipinski definition) is 4. The van der Waals surface area contributed by atoms with Crippen LogP contribution in [-0.2, 0) is 16.1 Å². The van der Waals surface area contributed by atoms with Crippen LogP contribution in [0.3, 0.4) is 0 Å². The van der Waals surface area contributed by atoms with Crippen molar-refractivity contribution in [2.75, 3.05) is 0 Å². The molecule has 30 heavy (non-hydrogen) atoms. The van der Waals surface area contributed by atoms with Gasteiger partial charge in [0.2, 0.25) is 11.8 Å². The van der Waals surface area contributed by atoms with E-state index in [4.69, 9.17) is 4.42 Å². The van der Waals surface area contributed by atoms with Crippen LogP contribution >= 0.6 is 0 Å². The van der Waals surface area contributed by atoms with Crippen LogP contribution in [0.5, 0.6) is 0 Å². The Morgan fingerprint density at radius 3 is 2.67 bits per heavy atom. The molecule has 1 heterocycles. The molecule has 0 bridgehead atoms. The van der Waals surface area contributed by atoms with Crippen molar-refractivity contribution in [2.24, 2.45) is 35.0 Å². The molecule has 2 amide bonds. The van der Waals surface area contributed by atoms with Gasteiger partial charge in [0.25, 0.3) is 0 Å². The fourth-order valence-electron chi connectivity index (χ4n) is 6.09. The molecule has 3 aliphatic rings. The molecule has 1 aromatic heterocycles. The fourth-order valence-corrected chi connectivity index (χ4v) is 6.09. The highest BCUT2D eigenvalue weighted by Crippen LogP contribution is 2.55. The van der Waals surface area contributed by atoms with Gasteiger partial charge in [-0.15, -0.1) is 0 Å². The number of nitrogens with one attached hydrogen (secondary N) is 2. The van der Waals surface area contributed by atoms with E-state index >= 15 is 0 Å². The van der Waals surface area contributed by atoms with Crippen molar-refractivity contribution in [3.63, 3.8) is 0 Å². The molecule has 3 fully saturated rings. The number of carbonyl (C=O) groups excluding carboxylic acids is 2. The van der Waals surface area contributed by atoms with Crippen LogP contribution in [0.15, 0.2) is 22.8 Å². The van der Waals surface area contributed by atoms with E-state index in [0.29, 0.717) is 6.54 Å². The SMILES string of the molecule is C[C@H]1[C@@H]2[C@@H](O)C([C@H](C)C(=O)NCc3ccco3)CC[C@@]2(C)CC[C@@H]1NC(=O)C1CC1. The van der Waals surface area contributed by atoms with Gasteiger partial charge in [-0.3, -0.25) is 9.59 Å². The molecule has 0 aliphatic heterocycles. The van der Waals surface area contributed by atoms with Gasteiger partial charge in [0, 0.05) is 17.9 Å². The Balaban J connectivity index is 1.41. The monoisotopic (exact) mass is 416 g/mol. The van der Waals surface area contributed by atoms with Gasteiger partial charge in [-0.2, -0.15) is 0 Å². The highest BCUT2D eigenvalue weighted by atomic mass is 16.3. The van der Waals surface area contributed by atoms with E-state index in [1.165, 1.54) is 0 Å². The number of rotatable bonds is 6. The molecule has 1 aromatic rings. The third-order valence-electron chi connectivity index (χ3n) is 8.24. The van der Waals surface area contributed by atoms with Crippen LogP contribution in [0, 0.1) is 35.0 Å². The first-order chi connectivity index (χ1) is 14.3. The molecular weight excluding hydrogens is 380 g/mol. The lowest BCUT2D eigenvalue weighted by atomic mass is 9.51. The Bertz CT molecular complexity index is 759. The summed E-state index contributed by atoms with van der Waals surface area (Å²) in [5.41, 5.74) is 0.0699. The molecular formula is C24H36N2O4. The Morgan fingerprint density at radius 1 is 1.27 bits per heavy atom. The number of amides is 2. The number of furan rings is 1. The molecule has 3 N–H and O–H groups in total. The van der Waals surface area contributed by atoms with Gasteiger partial charge in [-0.1, -0.05) is 20.8 Å². The molecule has 6 heteroatoms. The van der Waals surface area contributed by atoms with E-state index in [9.17, 15) is 14.7 Å². The zero-order chi connectivity index (χ0) is 21.5. The quantitative estimate of drug-likeness (QED) is 0.664. The zero-order valence-corrected chi connectivity index (χ0v) is 18.4. The van der Waals surface area contributed by atoms with E-state index in [-0.39, 0.29) is 52.9 Å². The third-order valence-corrected chi connectivity index (χ3v) is 8.24. The van der Waals surface area contributed by atoms with Gasteiger partial charge in [0.05, 0.1) is 18.9 Å². The van der Waals surface area contributed by atoms with Gasteiger partial charge in [-0.25, -0.2) is 0 Å². The van der Waals surface area contributed by atoms with Crippen LogP contribution in [0.1, 0.15) is 65.1 Å². The predicted molar refractivity (Wildman–Crippen MR) is 113 cm³/mol. The summed E-state index contributed by atoms with van der Waals surface area (Å²) in [7, 11) is 0. The minimum absolute atomic E-state index is 0.0406. The summed E-state index contributed by atoms with van der Waals surface area (Å²) in [5, 5.41) is 17.6. The van der Waals surface area contributed by atoms with Crippen molar-refractivity contribution >= 4 is 11.8 Å². The van der Waals surface area contributed by atoms with Crippen molar-refractivity contribution in [1.29, 1.82) is 0 Å². The Hall–Kier alpha value is -1.82. The highest BCUT2D eigenvalue weighted by molar-refractivity contribution is 5.81. The molecule has 1 unspecified atom stereocenters. The average Bonchev–Trinajstić information content (AvgIpc) is 3.44. The topological polar surface area (TPSA) is 91.6 Å². The fraction of sp³-hybridized carbons (Fsp3) is 0.750. The minimum Gasteiger partial charge on any atom is -0.467 e. The van der Waals surface area contributed by atoms with Crippen LogP contribution in [-0.4, -0.2) is 29.1 Å². The smallest absolute Gasteiger partial charge is 0.223 e. The summed E-state index contributed by atoms with van der Waals surface area (Å²) in [6.45, 7) is 6.75. The van der Waals surface area contributed by atoms with E-state index < -0.39 is 6.10 Å². The Labute approximate surface area is 179 Å². The maximum atomic E-state index is 12.8. The maximum absolute atomic E-state index is 12.8. The zero-order valence-electron chi connectivity index (χ0n) is 18.4. The first-order valence-corrected chi connectivity index (χ1v) is 11.6. The van der Waals surface area contributed by atoms with Crippen molar-refractivity contribution in [3.8, 4) is 0 Å². The average molecular weight is 417 g/mol. The van der Waals surface area contributed by atoms with E-state index in [2.05, 4.69) is 24.5 Å². The second-order valence-corrected chi connectivity index (χ2v) is 10.2. The van der Waals surface area contributed by atoms with Gasteiger partial charge < -0.3 is 20.2 Å². The second kappa shape index (κ2) is 8.37. The molecule has 3 aliphatic carbocycles. The first-order valence-electron chi connectivity index (χ1n) is 11.6. The molecule has 4 rings (SSSR count). The minimum atomic E-state index is -0.538. The molecule has 6 nitrogen and oxygen atoms in total. The summed E-state index contributed by atoms with van der Waals surface area (Å²) < 4.78 is 5.29. The van der Waals surface area contributed by atoms with Crippen molar-refractivity contribution in [1.82, 2.24) is 10.6 Å². The van der Waals surface area contributed by atoms with Crippen molar-refractivity contribution in [3.05, 3.63) is 24.2 Å². The standard InChI is InChI=1S/C24H36N2O4/c1-14(22(28)25-13-17-5-4-12-30-17)18-8-10-24(3)11-9-19(15(2)20(24)21(18)27)26-23(29)16-6-7-16/h4-5,12,14-16,18-21,27H,6-11,13H2,1-3H3,(H,25,28)(H,26,29)/t14-,15+,18?,19-,20+,21-,24-/m0/s1. The number of carbonyl (C=O) groups is 2. The molecule has 0 saturated heterocycles. The number of aliphatic hydroxyl groups is 1. The summed E-state index contributed by atoms with van der Waals surface area (Å²) >= 11 is 0. The third kappa shape index (κ3) is 4.16. The normalized spacial score (nSPS) is 37.1. The Kier molecular flexibility index (Phi) is 5.97. The molecule has 0 spiro atoms. The van der Waals surface area contributed by atoms with E-state index in [0.717, 1.165) is 44.3 Å². The van der Waals surface area contributed by atoms with Crippen LogP contribution in [0.25, 0.3) is 0 Å². The number of aliphatic hydroxyl groups excluding tert-OH is 1. The lowest BCUT2D eigenvalue weighted by Crippen LogP contribution is -2.58. The maximum Gasteiger partial charge on any atom is 0.223 e. The van der Waals surface area contributed by atoms with Gasteiger partial charge in [-0.05, 0) is 73.8 Å². The number of fused-ring (bicyclic) bond motifs is 1. The lowest BCUT2D eigenvalue weighted by molar-refractivity contribution is -0.144. The lowest BCUT2D eigenvalue weighted by Gasteiger charge is -2.56. The van der Waals surface area contributed by atoms with E-state index in [1.807, 2.05) is 13.0 Å². The van der Waals surface area contributed by atoms with Gasteiger partial charge >= 0.3 is 0 Å². The second-order valence-electron chi connectivity index (χ2n) is 10.2. The van der Waals surface area contributed by atoms with Crippen LogP contribution in [0.2, 0.25) is 0 Å². The molecule has 166 valence electrons. The van der Waals surface area contributed by atoms with Crippen molar-refractivity contribution < 1.29 is 19.1 Å². The molecule has 0 aromatic carbocycles. The summed E-state index contributed by atoms with van der Waals surface area (Å²) in [4.78, 5) is 25.1. The van der Waals surface area contributed by atoms with Gasteiger partial charge in [0.1, 0.15) is 5.76 Å². The summed E-state index contributed by atoms with van der Waals surface area (Å²) in [6, 6.07) is 3.76. The molecule has 0 radical (unpaired) electrons. The largest absolute Gasteiger partial charge is 0.467 e. The molecule has 3 saturated carbocycles. The summed E-state index contributed by atoms with van der Waals surface area (Å²) in [5.74, 6) is 1.02. The molecule has 7 atom stereocenters. The van der Waals surface area contributed by atoms with Crippen LogP contribution < -0.4 is 10.6 Å². The predicted octanol–water partition coefficient (Wildman–Crippen LogP) is 3.25. The van der Waals surface area contributed by atoms with Crippen LogP contribution in [0.4, 0.5) is 0 Å². The summed E-state index contributed by atoms with van der Waals surface area (Å²) in [6.07, 6.45) is 6.93. The van der Waals surface area contributed by atoms with E-state index in [1.54, 1.807) is 12.3 Å². The van der Waals surface area contributed by atoms with Crippen molar-refractivity contribution in [2.45, 2.75) is 78.0 Å². The highest BCUT2D eigenvalue weighted by Gasteiger charge is 2.54. The first kappa shape index (κ1) is 21.4. The van der Waals surface area contributed by atoms with Gasteiger partial charge in [0.15, 0.2) is 0 Å². The number of hydrogen-bond donors (Lipinski definition) is 3.